The Labute approximate surface area is 126 Å². The summed E-state index contributed by atoms with van der Waals surface area (Å²) in [5.41, 5.74) is 0.758. The lowest BCUT2D eigenvalue weighted by Gasteiger charge is -2.08. The summed E-state index contributed by atoms with van der Waals surface area (Å²) in [6.07, 6.45) is 3.51. The van der Waals surface area contributed by atoms with Crippen LogP contribution in [-0.2, 0) is 23.1 Å². The molecule has 3 rings (SSSR count). The molecule has 114 valence electrons. The molecular formula is C12H16N4O3S2. The van der Waals surface area contributed by atoms with Crippen LogP contribution in [-0.4, -0.2) is 24.6 Å². The van der Waals surface area contributed by atoms with Crippen molar-refractivity contribution in [3.05, 3.63) is 28.0 Å². The Bertz CT molecular complexity index is 705. The third kappa shape index (κ3) is 3.49. The van der Waals surface area contributed by atoms with Crippen molar-refractivity contribution in [2.75, 3.05) is 0 Å². The van der Waals surface area contributed by atoms with E-state index in [1.165, 1.54) is 30.6 Å². The van der Waals surface area contributed by atoms with Gasteiger partial charge in [-0.2, -0.15) is 4.98 Å². The number of rotatable bonds is 7. The summed E-state index contributed by atoms with van der Waals surface area (Å²) in [6.45, 7) is 2.41. The van der Waals surface area contributed by atoms with E-state index in [1.807, 2.05) is 5.38 Å². The van der Waals surface area contributed by atoms with E-state index in [1.54, 1.807) is 6.92 Å². The molecule has 2 N–H and O–H groups in total. The van der Waals surface area contributed by atoms with Crippen LogP contribution in [0.2, 0.25) is 0 Å². The zero-order valence-corrected chi connectivity index (χ0v) is 13.1. The summed E-state index contributed by atoms with van der Waals surface area (Å²) in [6, 6.07) is 0.537. The van der Waals surface area contributed by atoms with Gasteiger partial charge in [0, 0.05) is 17.5 Å². The minimum atomic E-state index is -3.58. The fraction of sp³-hybridized carbons (Fsp3) is 0.500. The van der Waals surface area contributed by atoms with Gasteiger partial charge in [-0.25, -0.2) is 13.1 Å². The molecule has 0 aliphatic heterocycles. The fourth-order valence-corrected chi connectivity index (χ4v) is 4.73. The predicted octanol–water partition coefficient (Wildman–Crippen LogP) is 1.17. The van der Waals surface area contributed by atoms with Crippen LogP contribution in [0.4, 0.5) is 0 Å². The first kappa shape index (κ1) is 14.6. The molecule has 1 saturated carbocycles. The van der Waals surface area contributed by atoms with E-state index in [0.717, 1.165) is 10.4 Å². The molecule has 2 aromatic rings. The molecular weight excluding hydrogens is 312 g/mol. The molecule has 9 heteroatoms. The Balaban J connectivity index is 1.75. The van der Waals surface area contributed by atoms with Crippen LogP contribution in [0.15, 0.2) is 21.2 Å². The zero-order chi connectivity index (χ0) is 14.9. The van der Waals surface area contributed by atoms with Gasteiger partial charge in [0.05, 0.1) is 6.54 Å². The van der Waals surface area contributed by atoms with Gasteiger partial charge < -0.3 is 9.84 Å². The SMILES string of the molecule is Cc1csc(CNC2CC2)c1S(=O)(=O)NCc1ncon1. The van der Waals surface area contributed by atoms with Gasteiger partial charge in [-0.05, 0) is 30.7 Å². The summed E-state index contributed by atoms with van der Waals surface area (Å²) < 4.78 is 32.0. The largest absolute Gasteiger partial charge is 0.343 e. The van der Waals surface area contributed by atoms with Crippen LogP contribution < -0.4 is 10.0 Å². The summed E-state index contributed by atoms with van der Waals surface area (Å²) in [7, 11) is -3.58. The lowest BCUT2D eigenvalue weighted by molar-refractivity contribution is 0.409. The average molecular weight is 328 g/mol. The third-order valence-electron chi connectivity index (χ3n) is 3.21. The molecule has 1 aliphatic carbocycles. The van der Waals surface area contributed by atoms with Crippen molar-refractivity contribution in [1.82, 2.24) is 20.2 Å². The van der Waals surface area contributed by atoms with Gasteiger partial charge >= 0.3 is 0 Å². The van der Waals surface area contributed by atoms with Gasteiger partial charge in [-0.15, -0.1) is 11.3 Å². The first-order valence-electron chi connectivity index (χ1n) is 6.61. The molecule has 1 aliphatic rings. The van der Waals surface area contributed by atoms with Gasteiger partial charge in [0.15, 0.2) is 5.82 Å². The van der Waals surface area contributed by atoms with E-state index in [-0.39, 0.29) is 6.54 Å². The molecule has 0 bridgehead atoms. The molecule has 1 fully saturated rings. The van der Waals surface area contributed by atoms with Gasteiger partial charge in [-0.3, -0.25) is 0 Å². The molecule has 0 spiro atoms. The summed E-state index contributed by atoms with van der Waals surface area (Å²) in [4.78, 5) is 5.00. The Hall–Kier alpha value is -1.29. The van der Waals surface area contributed by atoms with Gasteiger partial charge in [0.2, 0.25) is 16.4 Å². The van der Waals surface area contributed by atoms with Gasteiger partial charge in [0.25, 0.3) is 0 Å². The molecule has 0 aromatic carbocycles. The van der Waals surface area contributed by atoms with Crippen molar-refractivity contribution in [3.8, 4) is 0 Å². The summed E-state index contributed by atoms with van der Waals surface area (Å²) in [5.74, 6) is 0.309. The number of aromatic nitrogens is 2. The lowest BCUT2D eigenvalue weighted by atomic mass is 10.3. The van der Waals surface area contributed by atoms with Crippen LogP contribution >= 0.6 is 11.3 Å². The molecule has 7 nitrogen and oxygen atoms in total. The Kier molecular flexibility index (Phi) is 4.07. The quantitative estimate of drug-likeness (QED) is 0.792. The third-order valence-corrected chi connectivity index (χ3v) is 6.08. The van der Waals surface area contributed by atoms with Crippen molar-refractivity contribution in [1.29, 1.82) is 0 Å². The van der Waals surface area contributed by atoms with E-state index in [9.17, 15) is 8.42 Å². The first-order valence-corrected chi connectivity index (χ1v) is 8.98. The van der Waals surface area contributed by atoms with Crippen LogP contribution in [0.25, 0.3) is 0 Å². The van der Waals surface area contributed by atoms with E-state index >= 15 is 0 Å². The Morgan fingerprint density at radius 3 is 2.90 bits per heavy atom. The van der Waals surface area contributed by atoms with Crippen molar-refractivity contribution < 1.29 is 12.9 Å². The molecule has 2 aromatic heterocycles. The van der Waals surface area contributed by atoms with Crippen molar-refractivity contribution >= 4 is 21.4 Å². The summed E-state index contributed by atoms with van der Waals surface area (Å²) in [5, 5.41) is 8.81. The normalized spacial score (nSPS) is 15.5. The molecule has 2 heterocycles. The molecule has 0 saturated heterocycles. The van der Waals surface area contributed by atoms with Crippen molar-refractivity contribution in [3.63, 3.8) is 0 Å². The average Bonchev–Trinajstić information content (AvgIpc) is 2.97. The predicted molar refractivity (Wildman–Crippen MR) is 77.2 cm³/mol. The highest BCUT2D eigenvalue weighted by molar-refractivity contribution is 7.89. The summed E-state index contributed by atoms with van der Waals surface area (Å²) >= 11 is 1.46. The maximum absolute atomic E-state index is 12.5. The monoisotopic (exact) mass is 328 g/mol. The first-order chi connectivity index (χ1) is 10.1. The molecule has 0 unspecified atom stereocenters. The highest BCUT2D eigenvalue weighted by atomic mass is 32.2. The second kappa shape index (κ2) is 5.84. The van der Waals surface area contributed by atoms with Gasteiger partial charge in [0.1, 0.15) is 4.90 Å². The van der Waals surface area contributed by atoms with Crippen LogP contribution in [0, 0.1) is 6.92 Å². The number of hydrogen-bond donors (Lipinski definition) is 2. The highest BCUT2D eigenvalue weighted by Gasteiger charge is 2.25. The Morgan fingerprint density at radius 2 is 2.24 bits per heavy atom. The number of sulfonamides is 1. The van der Waals surface area contributed by atoms with Crippen LogP contribution in [0.1, 0.15) is 29.1 Å². The smallest absolute Gasteiger partial charge is 0.242 e. The molecule has 0 amide bonds. The minimum Gasteiger partial charge on any atom is -0.343 e. The van der Waals surface area contributed by atoms with E-state index in [2.05, 4.69) is 24.7 Å². The number of aryl methyl sites for hydroxylation is 1. The topological polar surface area (TPSA) is 97.1 Å². The van der Waals surface area contributed by atoms with E-state index in [0.29, 0.717) is 23.3 Å². The standard InChI is InChI=1S/C12H16N4O3S2/c1-8-6-20-10(4-13-9-2-3-9)12(8)21(17,18)15-5-11-14-7-19-16-11/h6-7,9,13,15H,2-5H2,1H3. The number of nitrogens with one attached hydrogen (secondary N) is 2. The second-order valence-corrected chi connectivity index (χ2v) is 7.67. The maximum Gasteiger partial charge on any atom is 0.242 e. The zero-order valence-electron chi connectivity index (χ0n) is 11.5. The number of nitrogens with zero attached hydrogens (tertiary/aromatic N) is 2. The number of hydrogen-bond acceptors (Lipinski definition) is 7. The lowest BCUT2D eigenvalue weighted by Crippen LogP contribution is -2.26. The molecule has 0 radical (unpaired) electrons. The highest BCUT2D eigenvalue weighted by Crippen LogP contribution is 2.28. The maximum atomic E-state index is 12.5. The van der Waals surface area contributed by atoms with Crippen LogP contribution in [0.3, 0.4) is 0 Å². The molecule has 0 atom stereocenters. The van der Waals surface area contributed by atoms with Crippen molar-refractivity contribution in [2.45, 2.75) is 43.8 Å². The second-order valence-electron chi connectivity index (χ2n) is 5.00. The fourth-order valence-electron chi connectivity index (χ4n) is 2.00. The Morgan fingerprint density at radius 1 is 1.43 bits per heavy atom. The molecule has 21 heavy (non-hydrogen) atoms. The van der Waals surface area contributed by atoms with E-state index < -0.39 is 10.0 Å². The number of thiophene rings is 1. The van der Waals surface area contributed by atoms with E-state index in [4.69, 9.17) is 0 Å². The van der Waals surface area contributed by atoms with Crippen molar-refractivity contribution in [2.24, 2.45) is 0 Å². The van der Waals surface area contributed by atoms with Gasteiger partial charge in [-0.1, -0.05) is 5.16 Å². The van der Waals surface area contributed by atoms with Crippen LogP contribution in [0.5, 0.6) is 0 Å². The minimum absolute atomic E-state index is 0.0175.